The average molecular weight is 333 g/mol. The number of carbonyl (C=O) groups excluding carboxylic acids is 1. The molecular formula is C16H19N3OS2. The van der Waals surface area contributed by atoms with Crippen molar-refractivity contribution in [2.24, 2.45) is 5.73 Å². The summed E-state index contributed by atoms with van der Waals surface area (Å²) in [4.78, 5) is 13.4. The Hall–Kier alpha value is -1.63. The maximum Gasteiger partial charge on any atom is 0.257 e. The van der Waals surface area contributed by atoms with Gasteiger partial charge in [-0.3, -0.25) is 4.79 Å². The van der Waals surface area contributed by atoms with E-state index >= 15 is 0 Å². The van der Waals surface area contributed by atoms with Crippen LogP contribution in [-0.2, 0) is 0 Å². The lowest BCUT2D eigenvalue weighted by Crippen LogP contribution is -2.18. The first-order chi connectivity index (χ1) is 10.6. The Labute approximate surface area is 140 Å². The monoisotopic (exact) mass is 333 g/mol. The molecule has 0 unspecified atom stereocenters. The first kappa shape index (κ1) is 16.7. The van der Waals surface area contributed by atoms with E-state index < -0.39 is 0 Å². The molecule has 22 heavy (non-hydrogen) atoms. The molecule has 0 aliphatic carbocycles. The molecule has 1 amide bonds. The maximum atomic E-state index is 12.5. The number of nitrogens with two attached hydrogens (primary N) is 1. The molecule has 3 N–H and O–H groups in total. The molecule has 0 aliphatic rings. The molecule has 0 aliphatic heterocycles. The van der Waals surface area contributed by atoms with Crippen LogP contribution >= 0.6 is 24.6 Å². The van der Waals surface area contributed by atoms with Crippen molar-refractivity contribution >= 4 is 41.9 Å². The molecule has 2 aromatic carbocycles. The molecule has 2 aromatic rings. The predicted molar refractivity (Wildman–Crippen MR) is 98.0 cm³/mol. The number of nitrogens with zero attached hydrogens (tertiary/aromatic N) is 1. The molecule has 0 atom stereocenters. The van der Waals surface area contributed by atoms with E-state index in [0.717, 1.165) is 22.0 Å². The van der Waals surface area contributed by atoms with E-state index in [0.29, 0.717) is 12.1 Å². The van der Waals surface area contributed by atoms with Crippen LogP contribution in [-0.4, -0.2) is 25.3 Å². The van der Waals surface area contributed by atoms with Gasteiger partial charge in [0.2, 0.25) is 0 Å². The average Bonchev–Trinajstić information content (AvgIpc) is 2.54. The summed E-state index contributed by atoms with van der Waals surface area (Å²) in [5.41, 5.74) is 7.77. The first-order valence-electron chi connectivity index (χ1n) is 6.88. The molecule has 0 spiro atoms. The van der Waals surface area contributed by atoms with Gasteiger partial charge in [-0.2, -0.15) is 0 Å². The van der Waals surface area contributed by atoms with Gasteiger partial charge in [0, 0.05) is 29.9 Å². The van der Waals surface area contributed by atoms with Gasteiger partial charge in [-0.05, 0) is 48.3 Å². The molecule has 0 saturated carbocycles. The number of hydrogen-bond donors (Lipinski definition) is 3. The van der Waals surface area contributed by atoms with E-state index in [1.54, 1.807) is 11.9 Å². The summed E-state index contributed by atoms with van der Waals surface area (Å²) in [7, 11) is 1.93. The molecule has 0 heterocycles. The molecule has 4 nitrogen and oxygen atoms in total. The van der Waals surface area contributed by atoms with Crippen LogP contribution in [0.15, 0.2) is 53.4 Å². The third kappa shape index (κ3) is 4.43. The first-order valence-corrected chi connectivity index (χ1v) is 8.27. The SMILES string of the molecule is CN(SCCN)c1ccccc1C(=O)Nc1ccc(S)cc1. The minimum atomic E-state index is -0.136. The number of thiol groups is 1. The predicted octanol–water partition coefficient (Wildman–Crippen LogP) is 3.27. The minimum absolute atomic E-state index is 0.136. The van der Waals surface area contributed by atoms with E-state index in [9.17, 15) is 4.79 Å². The fourth-order valence-electron chi connectivity index (χ4n) is 1.94. The summed E-state index contributed by atoms with van der Waals surface area (Å²) in [6.07, 6.45) is 0. The zero-order valence-corrected chi connectivity index (χ0v) is 14.0. The van der Waals surface area contributed by atoms with Crippen LogP contribution in [0, 0.1) is 0 Å². The third-order valence-electron chi connectivity index (χ3n) is 3.02. The van der Waals surface area contributed by atoms with Gasteiger partial charge >= 0.3 is 0 Å². The van der Waals surface area contributed by atoms with Gasteiger partial charge < -0.3 is 15.4 Å². The second kappa shape index (κ2) is 8.12. The number of carbonyl (C=O) groups is 1. The van der Waals surface area contributed by atoms with E-state index in [1.807, 2.05) is 59.9 Å². The number of hydrogen-bond acceptors (Lipinski definition) is 5. The zero-order valence-electron chi connectivity index (χ0n) is 12.3. The lowest BCUT2D eigenvalue weighted by molar-refractivity contribution is 0.102. The topological polar surface area (TPSA) is 58.4 Å². The third-order valence-corrected chi connectivity index (χ3v) is 4.32. The van der Waals surface area contributed by atoms with Crippen molar-refractivity contribution in [3.8, 4) is 0 Å². The van der Waals surface area contributed by atoms with Crippen molar-refractivity contribution < 1.29 is 4.79 Å². The Kier molecular flexibility index (Phi) is 6.18. The van der Waals surface area contributed by atoms with E-state index in [-0.39, 0.29) is 5.91 Å². The van der Waals surface area contributed by atoms with Crippen molar-refractivity contribution in [1.29, 1.82) is 0 Å². The van der Waals surface area contributed by atoms with Gasteiger partial charge in [-0.15, -0.1) is 12.6 Å². The minimum Gasteiger partial charge on any atom is -0.330 e. The van der Waals surface area contributed by atoms with E-state index in [4.69, 9.17) is 5.73 Å². The Morgan fingerprint density at radius 3 is 2.59 bits per heavy atom. The fraction of sp³-hybridized carbons (Fsp3) is 0.188. The standard InChI is InChI=1S/C16H19N3OS2/c1-19(22-11-10-17)15-5-3-2-4-14(15)16(20)18-12-6-8-13(21)9-7-12/h2-9,21H,10-11,17H2,1H3,(H,18,20). The van der Waals surface area contributed by atoms with Gasteiger partial charge in [0.1, 0.15) is 0 Å². The van der Waals surface area contributed by atoms with Crippen molar-refractivity contribution in [2.75, 3.05) is 29.0 Å². The Morgan fingerprint density at radius 2 is 1.91 bits per heavy atom. The summed E-state index contributed by atoms with van der Waals surface area (Å²) in [5, 5.41) is 2.90. The Morgan fingerprint density at radius 1 is 1.23 bits per heavy atom. The van der Waals surface area contributed by atoms with Crippen LogP contribution in [0.3, 0.4) is 0 Å². The van der Waals surface area contributed by atoms with Crippen molar-refractivity contribution in [3.05, 3.63) is 54.1 Å². The van der Waals surface area contributed by atoms with Gasteiger partial charge in [0.25, 0.3) is 5.91 Å². The van der Waals surface area contributed by atoms with Crippen molar-refractivity contribution in [1.82, 2.24) is 0 Å². The van der Waals surface area contributed by atoms with Gasteiger partial charge in [-0.25, -0.2) is 0 Å². The van der Waals surface area contributed by atoms with E-state index in [1.165, 1.54) is 0 Å². The molecule has 0 bridgehead atoms. The molecule has 2 rings (SSSR count). The second-order valence-corrected chi connectivity index (χ2v) is 6.37. The van der Waals surface area contributed by atoms with Gasteiger partial charge in [-0.1, -0.05) is 12.1 Å². The Balaban J connectivity index is 2.17. The smallest absolute Gasteiger partial charge is 0.257 e. The molecule has 0 saturated heterocycles. The summed E-state index contributed by atoms with van der Waals surface area (Å²) >= 11 is 5.82. The largest absolute Gasteiger partial charge is 0.330 e. The van der Waals surface area contributed by atoms with Crippen LogP contribution < -0.4 is 15.4 Å². The number of anilines is 2. The number of para-hydroxylation sites is 1. The van der Waals surface area contributed by atoms with Crippen molar-refractivity contribution in [3.63, 3.8) is 0 Å². The number of amides is 1. The van der Waals surface area contributed by atoms with Crippen LogP contribution in [0.5, 0.6) is 0 Å². The molecule has 116 valence electrons. The lowest BCUT2D eigenvalue weighted by atomic mass is 10.1. The van der Waals surface area contributed by atoms with Crippen LogP contribution in [0.1, 0.15) is 10.4 Å². The molecule has 0 fully saturated rings. The fourth-order valence-corrected chi connectivity index (χ4v) is 2.77. The second-order valence-electron chi connectivity index (χ2n) is 4.64. The highest BCUT2D eigenvalue weighted by Gasteiger charge is 2.14. The van der Waals surface area contributed by atoms with Gasteiger partial charge in [0.05, 0.1) is 11.3 Å². The summed E-state index contributed by atoms with van der Waals surface area (Å²) in [6, 6.07) is 14.9. The number of nitrogens with one attached hydrogen (secondary N) is 1. The highest BCUT2D eigenvalue weighted by atomic mass is 32.2. The molecule has 0 radical (unpaired) electrons. The van der Waals surface area contributed by atoms with Crippen molar-refractivity contribution in [2.45, 2.75) is 4.90 Å². The van der Waals surface area contributed by atoms with Gasteiger partial charge in [0.15, 0.2) is 0 Å². The van der Waals surface area contributed by atoms with Crippen LogP contribution in [0.2, 0.25) is 0 Å². The summed E-state index contributed by atoms with van der Waals surface area (Å²) in [6.45, 7) is 0.597. The Bertz CT molecular complexity index is 632. The summed E-state index contributed by atoms with van der Waals surface area (Å²) < 4.78 is 1.97. The molecule has 0 aromatic heterocycles. The maximum absolute atomic E-state index is 12.5. The summed E-state index contributed by atoms with van der Waals surface area (Å²) in [5.74, 6) is 0.665. The van der Waals surface area contributed by atoms with Crippen LogP contribution in [0.4, 0.5) is 11.4 Å². The van der Waals surface area contributed by atoms with E-state index in [2.05, 4.69) is 17.9 Å². The highest BCUT2D eigenvalue weighted by molar-refractivity contribution is 8.00. The van der Waals surface area contributed by atoms with Crippen LogP contribution in [0.25, 0.3) is 0 Å². The molecular weight excluding hydrogens is 314 g/mol. The normalized spacial score (nSPS) is 10.3. The molecule has 6 heteroatoms. The zero-order chi connectivity index (χ0) is 15.9. The number of benzene rings is 2. The number of rotatable bonds is 6. The quantitative estimate of drug-likeness (QED) is 0.561. The lowest BCUT2D eigenvalue weighted by Gasteiger charge is -2.20. The highest BCUT2D eigenvalue weighted by Crippen LogP contribution is 2.25.